The van der Waals surface area contributed by atoms with Crippen LogP contribution in [0.15, 0.2) is 200 Å². The molecule has 3 nitrogen and oxygen atoms in total. The Labute approximate surface area is 423 Å². The second kappa shape index (κ2) is 19.3. The van der Waals surface area contributed by atoms with Crippen molar-refractivity contribution in [1.29, 1.82) is 0 Å². The van der Waals surface area contributed by atoms with Crippen molar-refractivity contribution in [2.75, 3.05) is 0 Å². The molecule has 12 aromatic rings. The Balaban J connectivity index is 0.000000223. The fraction of sp³-hybridized carbons (Fsp3) is 0.111. The normalized spacial score (nSPS) is 11.6. The predicted molar refractivity (Wildman–Crippen MR) is 294 cm³/mol. The van der Waals surface area contributed by atoms with Crippen molar-refractivity contribution >= 4 is 77.3 Å². The van der Waals surface area contributed by atoms with Gasteiger partial charge < -0.3 is 9.55 Å². The molecule has 1 radical (unpaired) electrons. The third-order valence-electron chi connectivity index (χ3n) is 12.9. The second-order valence-corrected chi connectivity index (χ2v) is 25.2. The Kier molecular flexibility index (Phi) is 12.9. The van der Waals surface area contributed by atoms with Gasteiger partial charge >= 0.3 is 0 Å². The summed E-state index contributed by atoms with van der Waals surface area (Å²) < 4.78 is 4.89. The molecule has 69 heavy (non-hydrogen) atoms. The van der Waals surface area contributed by atoms with Gasteiger partial charge in [-0.3, -0.25) is 4.98 Å². The van der Waals surface area contributed by atoms with E-state index < -0.39 is 8.07 Å². The Morgan fingerprint density at radius 3 is 1.91 bits per heavy atom. The van der Waals surface area contributed by atoms with Gasteiger partial charge in [-0.1, -0.05) is 196 Å². The first-order valence-electron chi connectivity index (χ1n) is 23.6. The van der Waals surface area contributed by atoms with Crippen molar-refractivity contribution in [2.45, 2.75) is 39.9 Å². The van der Waals surface area contributed by atoms with Crippen molar-refractivity contribution in [1.82, 2.24) is 14.5 Å². The standard InChI is InChI=1S/C45H27N2S.C18H24NSi.Ir/c1-3-14-29(15-4-1)31-26-27-32(30-16-5-2-6-17-30)40(28-31)47-43-37-22-10-8-19-34(37)33-18-7-9-21-36(33)42(43)46-45(47)39-24-13-23-38-35-20-11-12-25-41(35)48-44(38)39;1-14(2)11-16-12-17(15-9-7-6-8-10-15)19-13-18(16)20(3,4)5;/h1-23,25-28H;6-9,12-14H,11H2,1-5H3;/q2*-1;. The van der Waals surface area contributed by atoms with Crippen LogP contribution in [0.2, 0.25) is 19.6 Å². The van der Waals surface area contributed by atoms with Gasteiger partial charge in [0.05, 0.1) is 24.9 Å². The third-order valence-corrected chi connectivity index (χ3v) is 16.2. The van der Waals surface area contributed by atoms with Crippen LogP contribution in [0.25, 0.3) is 103 Å². The van der Waals surface area contributed by atoms with Crippen LogP contribution in [-0.2, 0) is 26.5 Å². The van der Waals surface area contributed by atoms with Crippen LogP contribution in [-0.4, -0.2) is 22.6 Å². The molecule has 0 amide bonds. The molecule has 339 valence electrons. The molecule has 12 rings (SSSR count). The number of benzene rings is 9. The number of aromatic nitrogens is 3. The maximum absolute atomic E-state index is 5.63. The van der Waals surface area contributed by atoms with E-state index in [1.54, 1.807) is 0 Å². The fourth-order valence-electron chi connectivity index (χ4n) is 9.83. The molecule has 0 bridgehead atoms. The zero-order valence-electron chi connectivity index (χ0n) is 39.4. The van der Waals surface area contributed by atoms with Crippen molar-refractivity contribution in [3.63, 3.8) is 0 Å². The minimum atomic E-state index is -1.34. The number of nitrogens with zero attached hydrogens (tertiary/aromatic N) is 3. The average molecular weight is 1100 g/mol. The summed E-state index contributed by atoms with van der Waals surface area (Å²) in [6, 6.07) is 75.9. The minimum Gasteiger partial charge on any atom is -0.332 e. The van der Waals surface area contributed by atoms with Crippen LogP contribution >= 0.6 is 11.3 Å². The summed E-state index contributed by atoms with van der Waals surface area (Å²) in [6.45, 7) is 11.7. The van der Waals surface area contributed by atoms with Crippen LogP contribution in [0.1, 0.15) is 19.4 Å². The summed E-state index contributed by atoms with van der Waals surface area (Å²) >= 11 is 1.82. The van der Waals surface area contributed by atoms with Crippen LogP contribution < -0.4 is 5.19 Å². The zero-order chi connectivity index (χ0) is 46.4. The van der Waals surface area contributed by atoms with Gasteiger partial charge in [0.2, 0.25) is 0 Å². The van der Waals surface area contributed by atoms with Crippen LogP contribution in [0, 0.1) is 18.1 Å². The van der Waals surface area contributed by atoms with E-state index in [1.165, 1.54) is 52.6 Å². The van der Waals surface area contributed by atoms with Gasteiger partial charge in [-0.15, -0.1) is 54.1 Å². The molecule has 6 heteroatoms. The van der Waals surface area contributed by atoms with E-state index in [9.17, 15) is 0 Å². The molecule has 0 aliphatic carbocycles. The summed E-state index contributed by atoms with van der Waals surface area (Å²) in [7, 11) is -1.34. The van der Waals surface area contributed by atoms with Gasteiger partial charge in [0.1, 0.15) is 0 Å². The van der Waals surface area contributed by atoms with Crippen molar-refractivity contribution in [3.05, 3.63) is 218 Å². The van der Waals surface area contributed by atoms with E-state index in [0.717, 1.165) is 67.9 Å². The molecule has 0 aliphatic heterocycles. The first-order valence-corrected chi connectivity index (χ1v) is 27.9. The molecule has 3 aromatic heterocycles. The van der Waals surface area contributed by atoms with E-state index >= 15 is 0 Å². The molecule has 0 saturated heterocycles. The Bertz CT molecular complexity index is 3780. The number of hydrogen-bond acceptors (Lipinski definition) is 3. The van der Waals surface area contributed by atoms with Gasteiger partial charge in [0, 0.05) is 53.0 Å². The largest absolute Gasteiger partial charge is 0.332 e. The average Bonchev–Trinajstić information content (AvgIpc) is 3.97. The number of imidazole rings is 1. The Morgan fingerprint density at radius 1 is 0.580 bits per heavy atom. The van der Waals surface area contributed by atoms with Crippen LogP contribution in [0.3, 0.4) is 0 Å². The SMILES string of the molecule is CC(C)Cc1cc(-c2[c-]cccc2)ncc1[Si](C)(C)C.[Ir].[c-]1ccc2c(sc3ccccc32)c1-c1nc2c3ccccc3c3ccccc3c2n1-c1cc(-c2ccccc2)ccc1-c1ccccc1. The molecule has 0 fully saturated rings. The maximum Gasteiger partial charge on any atom is 0.0859 e. The Hall–Kier alpha value is -6.79. The molecule has 0 atom stereocenters. The smallest absolute Gasteiger partial charge is 0.0859 e. The van der Waals surface area contributed by atoms with E-state index in [2.05, 4.69) is 237 Å². The van der Waals surface area contributed by atoms with Crippen molar-refractivity contribution in [3.8, 4) is 50.6 Å². The van der Waals surface area contributed by atoms with E-state index in [-0.39, 0.29) is 20.1 Å². The van der Waals surface area contributed by atoms with Crippen LogP contribution in [0.4, 0.5) is 0 Å². The fourth-order valence-corrected chi connectivity index (χ4v) is 12.6. The van der Waals surface area contributed by atoms with E-state index in [4.69, 9.17) is 4.98 Å². The number of fused-ring (bicyclic) bond motifs is 9. The predicted octanol–water partition coefficient (Wildman–Crippen LogP) is 16.8. The van der Waals surface area contributed by atoms with Gasteiger partial charge in [-0.25, -0.2) is 0 Å². The van der Waals surface area contributed by atoms with Crippen LogP contribution in [0.5, 0.6) is 0 Å². The second-order valence-electron chi connectivity index (χ2n) is 19.1. The monoisotopic (exact) mass is 1100 g/mol. The van der Waals surface area contributed by atoms with Crippen molar-refractivity contribution in [2.24, 2.45) is 5.92 Å². The molecule has 9 aromatic carbocycles. The first kappa shape index (κ1) is 46.0. The molecule has 0 saturated carbocycles. The Morgan fingerprint density at radius 2 is 1.22 bits per heavy atom. The molecule has 0 spiro atoms. The zero-order valence-corrected chi connectivity index (χ0v) is 43.6. The summed E-state index contributed by atoms with van der Waals surface area (Å²) in [6.07, 6.45) is 3.24. The molecular formula is C63H51IrN3SSi-2. The van der Waals surface area contributed by atoms with E-state index in [1.807, 2.05) is 29.5 Å². The molecule has 0 aliphatic rings. The molecule has 0 N–H and O–H groups in total. The summed E-state index contributed by atoms with van der Waals surface area (Å²) in [5.41, 5.74) is 12.5. The molecule has 3 heterocycles. The first-order chi connectivity index (χ1) is 33.2. The van der Waals surface area contributed by atoms with Gasteiger partial charge in [0.25, 0.3) is 0 Å². The summed E-state index contributed by atoms with van der Waals surface area (Å²) in [4.78, 5) is 10.3. The number of hydrogen-bond donors (Lipinski definition) is 0. The topological polar surface area (TPSA) is 30.7 Å². The number of pyridine rings is 1. The molecular weight excluding hydrogens is 1050 g/mol. The van der Waals surface area contributed by atoms with Gasteiger partial charge in [-0.2, -0.15) is 11.3 Å². The quantitative estimate of drug-likeness (QED) is 0.0862. The van der Waals surface area contributed by atoms with Gasteiger partial charge in [-0.05, 0) is 72.9 Å². The number of thiophene rings is 1. The van der Waals surface area contributed by atoms with E-state index in [0.29, 0.717) is 5.92 Å². The number of rotatable bonds is 8. The van der Waals surface area contributed by atoms with Crippen molar-refractivity contribution < 1.29 is 20.1 Å². The van der Waals surface area contributed by atoms with Gasteiger partial charge in [0.15, 0.2) is 0 Å². The molecule has 0 unspecified atom stereocenters. The summed E-state index contributed by atoms with van der Waals surface area (Å²) in [5.74, 6) is 1.56. The summed E-state index contributed by atoms with van der Waals surface area (Å²) in [5, 5.41) is 8.75. The third kappa shape index (κ3) is 8.79. The minimum absolute atomic E-state index is 0. The maximum atomic E-state index is 5.63.